The highest BCUT2D eigenvalue weighted by molar-refractivity contribution is 6.22. The topological polar surface area (TPSA) is 158 Å². The Balaban J connectivity index is 1.15. The molecule has 13 heteroatoms. The number of pyridine rings is 1. The Hall–Kier alpha value is -3.39. The van der Waals surface area contributed by atoms with Crippen molar-refractivity contribution in [3.8, 4) is 0 Å². The van der Waals surface area contributed by atoms with Gasteiger partial charge in [0.25, 0.3) is 5.56 Å². The molecule has 6 rings (SSSR count). The molecule has 7 unspecified atom stereocenters. The van der Waals surface area contributed by atoms with Crippen LogP contribution < -0.4 is 10.9 Å². The molecule has 2 fully saturated rings. The lowest BCUT2D eigenvalue weighted by molar-refractivity contribution is -0.0778. The number of hydrogen-bond donors (Lipinski definition) is 6. The van der Waals surface area contributed by atoms with Gasteiger partial charge in [0.2, 0.25) is 0 Å². The number of aromatic amines is 1. The second kappa shape index (κ2) is 13.1. The quantitative estimate of drug-likeness (QED) is 0.128. The number of aromatic nitrogens is 1. The maximum Gasteiger partial charge on any atom is 0.259 e. The van der Waals surface area contributed by atoms with Crippen molar-refractivity contribution >= 4 is 23.1 Å². The molecule has 3 aliphatic heterocycles. The van der Waals surface area contributed by atoms with E-state index >= 15 is 0 Å². The van der Waals surface area contributed by atoms with Crippen LogP contribution in [0.25, 0.3) is 0 Å². The smallest absolute Gasteiger partial charge is 0.259 e. The fraction of sp³-hybridized carbons (Fsp3) is 0.469. The van der Waals surface area contributed by atoms with Crippen LogP contribution in [0, 0.1) is 5.41 Å². The largest absolute Gasteiger partial charge is 0.491 e. The van der Waals surface area contributed by atoms with Crippen LogP contribution in [0.2, 0.25) is 0 Å². The summed E-state index contributed by atoms with van der Waals surface area (Å²) in [6.45, 7) is 6.20. The molecule has 2 saturated heterocycles. The Bertz CT molecular complexity index is 1550. The average molecular weight is 641 g/mol. The summed E-state index contributed by atoms with van der Waals surface area (Å²) in [5, 5.41) is 44.3. The predicted octanol–water partition coefficient (Wildman–Crippen LogP) is 1.47. The third-order valence-electron chi connectivity index (χ3n) is 8.96. The van der Waals surface area contributed by atoms with Crippen LogP contribution in [0.15, 0.2) is 82.0 Å². The minimum absolute atomic E-state index is 0.00739. The molecule has 7 atom stereocenters. The van der Waals surface area contributed by atoms with E-state index in [1.807, 2.05) is 18.2 Å². The molecule has 0 spiro atoms. The molecule has 11 nitrogen and oxygen atoms in total. The number of rotatable bonds is 10. The lowest BCUT2D eigenvalue weighted by atomic mass is 9.93. The summed E-state index contributed by atoms with van der Waals surface area (Å²) in [7, 11) is 0. The first-order valence-corrected chi connectivity index (χ1v) is 15.6. The zero-order valence-electron chi connectivity index (χ0n) is 24.7. The number of alkyl halides is 2. The molecule has 0 radical (unpaired) electrons. The third kappa shape index (κ3) is 6.35. The molecule has 1 aromatic rings. The van der Waals surface area contributed by atoms with E-state index in [1.165, 1.54) is 24.4 Å². The molecule has 0 amide bonds. The van der Waals surface area contributed by atoms with Gasteiger partial charge in [-0.2, -0.15) is 0 Å². The second-order valence-electron chi connectivity index (χ2n) is 12.0. The monoisotopic (exact) mass is 640 g/mol. The van der Waals surface area contributed by atoms with Gasteiger partial charge in [-0.15, -0.1) is 18.2 Å². The zero-order valence-corrected chi connectivity index (χ0v) is 25.4. The first-order valence-electron chi connectivity index (χ1n) is 15.2. The number of aliphatic hydroxyl groups is 3. The molecule has 0 saturated carbocycles. The average Bonchev–Trinajstić information content (AvgIpc) is 3.54. The van der Waals surface area contributed by atoms with E-state index < -0.39 is 41.7 Å². The first-order chi connectivity index (χ1) is 21.6. The number of aliphatic hydroxyl groups excluding tert-OH is 3. The number of aliphatic imine (C=N–C) groups is 1. The standard InChI is InChI=1S/C32H38ClFN6O5/c1-2-9-39-10-6-17(7-11-39)40-31(43)21-14-26-27(15-22(21)32(40)44)38-29(37-26)28-20(5-8-36-30(28)42)25(35)12-18(41)16-45-19-3-4-24(34)23(33)13-19/h2-5,8,13-15,17-18,23-24,26-27,31-32,35,41,43-44H,1,6-7,9-12,16H2,(H,36,42)(H,37,38). The van der Waals surface area contributed by atoms with E-state index in [2.05, 4.69) is 21.8 Å². The number of ether oxygens (including phenoxy) is 1. The number of hydrogen-bond acceptors (Lipinski definition) is 10. The zero-order chi connectivity index (χ0) is 31.8. The van der Waals surface area contributed by atoms with Gasteiger partial charge in [0.15, 0.2) is 0 Å². The Labute approximate surface area is 265 Å². The van der Waals surface area contributed by atoms with Crippen LogP contribution in [0.4, 0.5) is 4.39 Å². The van der Waals surface area contributed by atoms with Crippen molar-refractivity contribution in [3.05, 3.63) is 93.7 Å². The molecular formula is C32H38ClFN6O5. The van der Waals surface area contributed by atoms with Crippen LogP contribution >= 0.6 is 11.6 Å². The summed E-state index contributed by atoms with van der Waals surface area (Å²) >= 11 is 5.91. The van der Waals surface area contributed by atoms with E-state index in [-0.39, 0.29) is 42.2 Å². The minimum Gasteiger partial charge on any atom is -0.491 e. The van der Waals surface area contributed by atoms with Gasteiger partial charge in [0.1, 0.15) is 36.8 Å². The van der Waals surface area contributed by atoms with Crippen molar-refractivity contribution in [2.45, 2.75) is 67.5 Å². The molecule has 45 heavy (non-hydrogen) atoms. The number of allylic oxidation sites excluding steroid dienone is 3. The van der Waals surface area contributed by atoms with E-state index in [0.29, 0.717) is 22.5 Å². The second-order valence-corrected chi connectivity index (χ2v) is 12.5. The predicted molar refractivity (Wildman–Crippen MR) is 169 cm³/mol. The molecule has 0 bridgehead atoms. The fourth-order valence-electron chi connectivity index (χ4n) is 6.66. The number of nitrogens with zero attached hydrogens (tertiary/aromatic N) is 3. The summed E-state index contributed by atoms with van der Waals surface area (Å²) in [6.07, 6.45) is 8.39. The van der Waals surface area contributed by atoms with E-state index in [1.54, 1.807) is 11.0 Å². The number of halogens is 2. The van der Waals surface area contributed by atoms with E-state index in [9.17, 15) is 24.5 Å². The molecule has 2 aliphatic carbocycles. The van der Waals surface area contributed by atoms with Crippen LogP contribution in [0.3, 0.4) is 0 Å². The van der Waals surface area contributed by atoms with Gasteiger partial charge < -0.3 is 35.8 Å². The van der Waals surface area contributed by atoms with Crippen molar-refractivity contribution in [1.29, 1.82) is 5.41 Å². The molecule has 5 aliphatic rings. The lowest BCUT2D eigenvalue weighted by Gasteiger charge is -2.38. The third-order valence-corrected chi connectivity index (χ3v) is 9.32. The van der Waals surface area contributed by atoms with Crippen molar-refractivity contribution < 1.29 is 24.4 Å². The number of nitrogens with one attached hydrogen (secondary N) is 3. The summed E-state index contributed by atoms with van der Waals surface area (Å²) in [5.41, 5.74) is 1.27. The van der Waals surface area contributed by atoms with Crippen molar-refractivity contribution in [1.82, 2.24) is 20.1 Å². The van der Waals surface area contributed by atoms with Crippen LogP contribution in [-0.4, -0.2) is 116 Å². The molecule has 240 valence electrons. The summed E-state index contributed by atoms with van der Waals surface area (Å²) in [6, 6.07) is 0.828. The molecule has 1 aromatic heterocycles. The van der Waals surface area contributed by atoms with Gasteiger partial charge >= 0.3 is 0 Å². The highest BCUT2D eigenvalue weighted by Gasteiger charge is 2.47. The number of fused-ring (bicyclic) bond motifs is 2. The van der Waals surface area contributed by atoms with Crippen molar-refractivity contribution in [3.63, 3.8) is 0 Å². The maximum absolute atomic E-state index is 13.5. The van der Waals surface area contributed by atoms with Crippen LogP contribution in [0.5, 0.6) is 0 Å². The maximum atomic E-state index is 13.5. The highest BCUT2D eigenvalue weighted by Crippen LogP contribution is 2.40. The van der Waals surface area contributed by atoms with Gasteiger partial charge in [0.05, 0.1) is 29.1 Å². The van der Waals surface area contributed by atoms with Crippen LogP contribution in [0.1, 0.15) is 30.4 Å². The Morgan fingerprint density at radius 1 is 1.24 bits per heavy atom. The number of amidine groups is 1. The summed E-state index contributed by atoms with van der Waals surface area (Å²) in [5.74, 6) is 0.617. The Morgan fingerprint density at radius 2 is 1.98 bits per heavy atom. The Kier molecular flexibility index (Phi) is 9.23. The molecule has 6 N–H and O–H groups in total. The first kappa shape index (κ1) is 31.6. The van der Waals surface area contributed by atoms with Gasteiger partial charge in [-0.1, -0.05) is 18.2 Å². The van der Waals surface area contributed by atoms with Gasteiger partial charge in [-0.3, -0.25) is 14.7 Å². The highest BCUT2D eigenvalue weighted by atomic mass is 35.5. The van der Waals surface area contributed by atoms with Gasteiger partial charge in [-0.25, -0.2) is 9.29 Å². The van der Waals surface area contributed by atoms with Crippen LogP contribution in [-0.2, 0) is 4.74 Å². The van der Waals surface area contributed by atoms with E-state index in [4.69, 9.17) is 26.7 Å². The summed E-state index contributed by atoms with van der Waals surface area (Å²) in [4.78, 5) is 24.5. The molecular weight excluding hydrogens is 603 g/mol. The SMILES string of the molecule is C=CCN1CCC(N2C(O)C3=CC4N=C(c5c(C(=N)CC(O)COC6=CC(Cl)C(F)C=C6)cc[nH]c5=O)NC4C=C3C2O)CC1. The molecule has 4 heterocycles. The van der Waals surface area contributed by atoms with Crippen molar-refractivity contribution in [2.75, 3.05) is 26.2 Å². The summed E-state index contributed by atoms with van der Waals surface area (Å²) < 4.78 is 19.1. The molecule has 0 aromatic carbocycles. The Morgan fingerprint density at radius 3 is 2.69 bits per heavy atom. The van der Waals surface area contributed by atoms with E-state index in [0.717, 1.165) is 32.5 Å². The number of piperidine rings is 1. The lowest BCUT2D eigenvalue weighted by Crippen LogP contribution is -2.50. The van der Waals surface area contributed by atoms with Gasteiger partial charge in [0, 0.05) is 47.6 Å². The normalized spacial score (nSPS) is 30.8. The number of H-pyrrole nitrogens is 1. The minimum atomic E-state index is -1.31. The van der Waals surface area contributed by atoms with Gasteiger partial charge in [-0.05, 0) is 50.2 Å². The number of likely N-dealkylation sites (tertiary alicyclic amines) is 2. The fourth-order valence-corrected chi connectivity index (χ4v) is 6.87. The van der Waals surface area contributed by atoms with Crippen molar-refractivity contribution in [2.24, 2.45) is 4.99 Å².